The summed E-state index contributed by atoms with van der Waals surface area (Å²) in [6, 6.07) is 10.3. The van der Waals surface area contributed by atoms with Crippen molar-refractivity contribution in [2.45, 2.75) is 39.3 Å². The Hall–Kier alpha value is -1.74. The molecular weight excluding hydrogens is 250 g/mol. The molecule has 0 saturated carbocycles. The molecule has 0 aliphatic heterocycles. The summed E-state index contributed by atoms with van der Waals surface area (Å²) < 4.78 is 11.2. The molecule has 0 spiro atoms. The average molecular weight is 273 g/mol. The summed E-state index contributed by atoms with van der Waals surface area (Å²) in [6.45, 7) is 3.48. The number of ether oxygens (including phenoxy) is 1. The fraction of sp³-hybridized carbons (Fsp3) is 0.412. The molecule has 1 aromatic carbocycles. The van der Waals surface area contributed by atoms with Gasteiger partial charge in [0, 0.05) is 5.56 Å². The Kier molecular flexibility index (Phi) is 5.69. The van der Waals surface area contributed by atoms with Crippen LogP contribution < -0.4 is 10.1 Å². The van der Waals surface area contributed by atoms with Gasteiger partial charge in [0.05, 0.1) is 12.8 Å². The Bertz CT molecular complexity index is 502. The number of unbranched alkanes of at least 4 members (excludes halogenated alkanes) is 1. The Morgan fingerprint density at radius 1 is 1.15 bits per heavy atom. The van der Waals surface area contributed by atoms with Gasteiger partial charge in [0.15, 0.2) is 0 Å². The van der Waals surface area contributed by atoms with Crippen LogP contribution in [-0.2, 0) is 19.6 Å². The summed E-state index contributed by atoms with van der Waals surface area (Å²) in [5, 5.41) is 3.09. The van der Waals surface area contributed by atoms with Gasteiger partial charge in [0.2, 0.25) is 0 Å². The maximum absolute atomic E-state index is 5.81. The first kappa shape index (κ1) is 14.7. The maximum Gasteiger partial charge on any atom is 0.124 e. The first-order chi connectivity index (χ1) is 9.83. The Labute approximate surface area is 121 Å². The third-order valence-corrected chi connectivity index (χ3v) is 3.31. The molecule has 1 N–H and O–H groups in total. The predicted molar refractivity (Wildman–Crippen MR) is 80.9 cm³/mol. The molecule has 108 valence electrons. The number of nitrogens with one attached hydrogen (secondary N) is 1. The molecule has 1 aromatic heterocycles. The van der Waals surface area contributed by atoms with E-state index in [2.05, 4.69) is 24.4 Å². The normalized spacial score (nSPS) is 10.7. The van der Waals surface area contributed by atoms with Crippen LogP contribution in [0.1, 0.15) is 36.7 Å². The lowest BCUT2D eigenvalue weighted by molar-refractivity contribution is 0.301. The highest BCUT2D eigenvalue weighted by atomic mass is 16.5. The monoisotopic (exact) mass is 273 g/mol. The standard InChI is InChI=1S/C17H23NO2/c1-3-4-5-14-6-8-16(9-7-14)20-13-15-10-11-19-17(15)12-18-2/h6-11,18H,3-5,12-13H2,1-2H3. The van der Waals surface area contributed by atoms with Crippen LogP contribution in [0, 0.1) is 0 Å². The van der Waals surface area contributed by atoms with Gasteiger partial charge in [-0.3, -0.25) is 0 Å². The largest absolute Gasteiger partial charge is 0.489 e. The topological polar surface area (TPSA) is 34.4 Å². The molecule has 20 heavy (non-hydrogen) atoms. The first-order valence-electron chi connectivity index (χ1n) is 7.25. The minimum absolute atomic E-state index is 0.543. The zero-order valence-corrected chi connectivity index (χ0v) is 12.3. The molecule has 1 heterocycles. The van der Waals surface area contributed by atoms with E-state index < -0.39 is 0 Å². The smallest absolute Gasteiger partial charge is 0.124 e. The molecule has 2 aromatic rings. The van der Waals surface area contributed by atoms with Crippen LogP contribution in [0.4, 0.5) is 0 Å². The summed E-state index contributed by atoms with van der Waals surface area (Å²) in [4.78, 5) is 0. The lowest BCUT2D eigenvalue weighted by Crippen LogP contribution is -2.07. The van der Waals surface area contributed by atoms with Crippen molar-refractivity contribution in [3.05, 3.63) is 53.5 Å². The summed E-state index contributed by atoms with van der Waals surface area (Å²) in [5.41, 5.74) is 2.47. The van der Waals surface area contributed by atoms with Crippen LogP contribution >= 0.6 is 0 Å². The van der Waals surface area contributed by atoms with Crippen LogP contribution in [0.3, 0.4) is 0 Å². The van der Waals surface area contributed by atoms with Crippen molar-refractivity contribution in [3.63, 3.8) is 0 Å². The van der Waals surface area contributed by atoms with Gasteiger partial charge in [-0.15, -0.1) is 0 Å². The lowest BCUT2D eigenvalue weighted by atomic mass is 10.1. The molecule has 0 atom stereocenters. The van der Waals surface area contributed by atoms with E-state index >= 15 is 0 Å². The van der Waals surface area contributed by atoms with Crippen LogP contribution in [0.5, 0.6) is 5.75 Å². The van der Waals surface area contributed by atoms with Gasteiger partial charge in [0.1, 0.15) is 18.1 Å². The van der Waals surface area contributed by atoms with E-state index in [1.54, 1.807) is 6.26 Å². The molecule has 0 radical (unpaired) electrons. The Balaban J connectivity index is 1.88. The molecule has 3 heteroatoms. The molecule has 0 unspecified atom stereocenters. The lowest BCUT2D eigenvalue weighted by Gasteiger charge is -2.07. The van der Waals surface area contributed by atoms with Crippen molar-refractivity contribution in [2.24, 2.45) is 0 Å². The van der Waals surface area contributed by atoms with Crippen molar-refractivity contribution in [3.8, 4) is 5.75 Å². The zero-order chi connectivity index (χ0) is 14.2. The zero-order valence-electron chi connectivity index (χ0n) is 12.3. The van der Waals surface area contributed by atoms with Gasteiger partial charge in [-0.2, -0.15) is 0 Å². The molecule has 0 aliphatic rings. The Morgan fingerprint density at radius 3 is 2.65 bits per heavy atom. The SMILES string of the molecule is CCCCc1ccc(OCc2ccoc2CNC)cc1. The highest BCUT2D eigenvalue weighted by molar-refractivity contribution is 5.28. The van der Waals surface area contributed by atoms with Gasteiger partial charge >= 0.3 is 0 Å². The van der Waals surface area contributed by atoms with Crippen molar-refractivity contribution in [1.29, 1.82) is 0 Å². The number of hydrogen-bond donors (Lipinski definition) is 1. The number of furan rings is 1. The number of rotatable bonds is 8. The average Bonchev–Trinajstić information content (AvgIpc) is 2.92. The molecular formula is C17H23NO2. The van der Waals surface area contributed by atoms with Gasteiger partial charge in [-0.1, -0.05) is 25.5 Å². The summed E-state index contributed by atoms with van der Waals surface area (Å²) in [6.07, 6.45) is 5.32. The molecule has 3 nitrogen and oxygen atoms in total. The van der Waals surface area contributed by atoms with Crippen LogP contribution in [0.2, 0.25) is 0 Å². The molecule has 0 saturated heterocycles. The number of aryl methyl sites for hydroxylation is 1. The molecule has 0 bridgehead atoms. The van der Waals surface area contributed by atoms with Gasteiger partial charge in [-0.05, 0) is 43.7 Å². The third kappa shape index (κ3) is 4.14. The van der Waals surface area contributed by atoms with E-state index in [1.807, 2.05) is 25.2 Å². The van der Waals surface area contributed by atoms with Crippen LogP contribution in [-0.4, -0.2) is 7.05 Å². The van der Waals surface area contributed by atoms with Crippen LogP contribution in [0.15, 0.2) is 41.0 Å². The van der Waals surface area contributed by atoms with E-state index in [1.165, 1.54) is 18.4 Å². The third-order valence-electron chi connectivity index (χ3n) is 3.31. The van der Waals surface area contributed by atoms with Gasteiger partial charge in [-0.25, -0.2) is 0 Å². The van der Waals surface area contributed by atoms with E-state index in [0.29, 0.717) is 6.61 Å². The fourth-order valence-electron chi connectivity index (χ4n) is 2.11. The van der Waals surface area contributed by atoms with E-state index in [9.17, 15) is 0 Å². The van der Waals surface area contributed by atoms with Crippen LogP contribution in [0.25, 0.3) is 0 Å². The highest BCUT2D eigenvalue weighted by Gasteiger charge is 2.06. The maximum atomic E-state index is 5.81. The van der Waals surface area contributed by atoms with Crippen molar-refractivity contribution in [2.75, 3.05) is 7.05 Å². The fourth-order valence-corrected chi connectivity index (χ4v) is 2.11. The molecule has 0 aliphatic carbocycles. The predicted octanol–water partition coefficient (Wildman–Crippen LogP) is 3.92. The summed E-state index contributed by atoms with van der Waals surface area (Å²) in [7, 11) is 1.90. The quantitative estimate of drug-likeness (QED) is 0.791. The Morgan fingerprint density at radius 2 is 1.95 bits per heavy atom. The van der Waals surface area contributed by atoms with E-state index in [4.69, 9.17) is 9.15 Å². The molecule has 0 fully saturated rings. The molecule has 0 amide bonds. The number of hydrogen-bond acceptors (Lipinski definition) is 3. The van der Waals surface area contributed by atoms with Crippen molar-refractivity contribution in [1.82, 2.24) is 5.32 Å². The second-order valence-corrected chi connectivity index (χ2v) is 4.94. The second kappa shape index (κ2) is 7.75. The summed E-state index contributed by atoms with van der Waals surface area (Å²) >= 11 is 0. The summed E-state index contributed by atoms with van der Waals surface area (Å²) in [5.74, 6) is 1.84. The van der Waals surface area contributed by atoms with Crippen molar-refractivity contribution >= 4 is 0 Å². The minimum Gasteiger partial charge on any atom is -0.489 e. The minimum atomic E-state index is 0.543. The molecule has 2 rings (SSSR count). The van der Waals surface area contributed by atoms with Crippen molar-refractivity contribution < 1.29 is 9.15 Å². The van der Waals surface area contributed by atoms with E-state index in [0.717, 1.165) is 30.0 Å². The number of benzene rings is 1. The second-order valence-electron chi connectivity index (χ2n) is 4.94. The van der Waals surface area contributed by atoms with Gasteiger partial charge < -0.3 is 14.5 Å². The highest BCUT2D eigenvalue weighted by Crippen LogP contribution is 2.17. The van der Waals surface area contributed by atoms with E-state index in [-0.39, 0.29) is 0 Å². The first-order valence-corrected chi connectivity index (χ1v) is 7.25. The van der Waals surface area contributed by atoms with Gasteiger partial charge in [0.25, 0.3) is 0 Å².